The van der Waals surface area contributed by atoms with E-state index in [0.717, 1.165) is 33.7 Å². The fraction of sp³-hybridized carbons (Fsp3) is 0.310. The number of methoxy groups -OCH3 is 1. The number of para-hydroxylation sites is 1. The Labute approximate surface area is 196 Å². The Kier molecular flexibility index (Phi) is 6.20. The number of fused-ring (bicyclic) bond motifs is 1. The van der Waals surface area contributed by atoms with Gasteiger partial charge in [0.25, 0.3) is 0 Å². The van der Waals surface area contributed by atoms with Gasteiger partial charge < -0.3 is 14.8 Å². The molecule has 1 heterocycles. The third-order valence-corrected chi connectivity index (χ3v) is 6.11. The van der Waals surface area contributed by atoms with E-state index in [9.17, 15) is 4.39 Å². The van der Waals surface area contributed by atoms with Gasteiger partial charge in [-0.25, -0.2) is 4.39 Å². The molecular formula is C29H32FNO2. The van der Waals surface area contributed by atoms with Gasteiger partial charge in [-0.1, -0.05) is 44.2 Å². The van der Waals surface area contributed by atoms with Crippen LogP contribution in [0.15, 0.2) is 60.7 Å². The first-order valence-electron chi connectivity index (χ1n) is 11.4. The Balaban J connectivity index is 1.87. The summed E-state index contributed by atoms with van der Waals surface area (Å²) in [5.74, 6) is 1.42. The SMILES string of the molecule is COc1cc(F)ccc1-c1ccc2c(c1COc1ccccc1C(C)C)C(C)=CC(C)(C)N2. The normalized spacial score (nSPS) is 14.4. The molecular weight excluding hydrogens is 413 g/mol. The topological polar surface area (TPSA) is 30.5 Å². The number of ether oxygens (including phenoxy) is 2. The second-order valence-corrected chi connectivity index (χ2v) is 9.51. The average molecular weight is 446 g/mol. The molecule has 0 saturated heterocycles. The quantitative estimate of drug-likeness (QED) is 0.420. The molecule has 0 radical (unpaired) electrons. The van der Waals surface area contributed by atoms with Crippen LogP contribution in [0.4, 0.5) is 10.1 Å². The predicted molar refractivity (Wildman–Crippen MR) is 135 cm³/mol. The molecule has 33 heavy (non-hydrogen) atoms. The lowest BCUT2D eigenvalue weighted by Gasteiger charge is -2.33. The molecule has 1 N–H and O–H groups in total. The van der Waals surface area contributed by atoms with Crippen molar-refractivity contribution in [1.29, 1.82) is 0 Å². The van der Waals surface area contributed by atoms with Crippen LogP contribution in [0.3, 0.4) is 0 Å². The number of halogens is 1. The lowest BCUT2D eigenvalue weighted by Crippen LogP contribution is -2.32. The maximum atomic E-state index is 13.9. The van der Waals surface area contributed by atoms with E-state index in [-0.39, 0.29) is 11.4 Å². The summed E-state index contributed by atoms with van der Waals surface area (Å²) in [6, 6.07) is 17.0. The van der Waals surface area contributed by atoms with Crippen LogP contribution in [-0.4, -0.2) is 12.6 Å². The van der Waals surface area contributed by atoms with E-state index in [4.69, 9.17) is 9.47 Å². The molecule has 0 atom stereocenters. The van der Waals surface area contributed by atoms with Gasteiger partial charge in [0.1, 0.15) is 23.9 Å². The molecule has 3 aromatic rings. The number of anilines is 1. The molecule has 0 bridgehead atoms. The molecule has 0 spiro atoms. The zero-order chi connectivity index (χ0) is 23.8. The first-order valence-corrected chi connectivity index (χ1v) is 11.4. The van der Waals surface area contributed by atoms with Crippen molar-refractivity contribution in [3.63, 3.8) is 0 Å². The van der Waals surface area contributed by atoms with Crippen molar-refractivity contribution in [2.24, 2.45) is 0 Å². The molecule has 1 aliphatic rings. The summed E-state index contributed by atoms with van der Waals surface area (Å²) in [4.78, 5) is 0. The van der Waals surface area contributed by atoms with E-state index in [1.807, 2.05) is 18.2 Å². The minimum absolute atomic E-state index is 0.144. The Morgan fingerprint density at radius 1 is 0.970 bits per heavy atom. The van der Waals surface area contributed by atoms with Crippen LogP contribution in [0.1, 0.15) is 57.2 Å². The van der Waals surface area contributed by atoms with Crippen molar-refractivity contribution < 1.29 is 13.9 Å². The highest BCUT2D eigenvalue weighted by Gasteiger charge is 2.27. The number of rotatable bonds is 6. The predicted octanol–water partition coefficient (Wildman–Crippen LogP) is 7.81. The van der Waals surface area contributed by atoms with E-state index in [0.29, 0.717) is 18.3 Å². The van der Waals surface area contributed by atoms with Crippen molar-refractivity contribution in [2.45, 2.75) is 52.7 Å². The van der Waals surface area contributed by atoms with Crippen LogP contribution in [-0.2, 0) is 6.61 Å². The van der Waals surface area contributed by atoms with E-state index in [1.165, 1.54) is 23.3 Å². The first-order chi connectivity index (χ1) is 15.7. The van der Waals surface area contributed by atoms with Crippen molar-refractivity contribution in [3.8, 4) is 22.6 Å². The molecule has 4 rings (SSSR count). The second-order valence-electron chi connectivity index (χ2n) is 9.51. The van der Waals surface area contributed by atoms with Gasteiger partial charge in [-0.2, -0.15) is 0 Å². The van der Waals surface area contributed by atoms with Gasteiger partial charge in [-0.05, 0) is 67.7 Å². The Morgan fingerprint density at radius 2 is 1.70 bits per heavy atom. The molecule has 0 unspecified atom stereocenters. The summed E-state index contributed by atoms with van der Waals surface area (Å²) in [5, 5.41) is 3.63. The molecule has 0 fully saturated rings. The lowest BCUT2D eigenvalue weighted by molar-refractivity contribution is 0.302. The molecule has 1 aliphatic heterocycles. The molecule has 172 valence electrons. The van der Waals surface area contributed by atoms with E-state index < -0.39 is 0 Å². The largest absolute Gasteiger partial charge is 0.496 e. The minimum Gasteiger partial charge on any atom is -0.496 e. The molecule has 4 heteroatoms. The van der Waals surface area contributed by atoms with Crippen molar-refractivity contribution in [3.05, 3.63) is 83.2 Å². The third kappa shape index (κ3) is 4.61. The van der Waals surface area contributed by atoms with Crippen molar-refractivity contribution >= 4 is 11.3 Å². The number of nitrogens with one attached hydrogen (secondary N) is 1. The molecule has 0 saturated carbocycles. The summed E-state index contributed by atoms with van der Waals surface area (Å²) in [6.45, 7) is 11.2. The summed E-state index contributed by atoms with van der Waals surface area (Å²) in [7, 11) is 1.57. The Hall–Kier alpha value is -3.27. The average Bonchev–Trinajstić information content (AvgIpc) is 2.76. The number of hydrogen-bond donors (Lipinski definition) is 1. The Morgan fingerprint density at radius 3 is 2.42 bits per heavy atom. The smallest absolute Gasteiger partial charge is 0.129 e. The zero-order valence-electron chi connectivity index (χ0n) is 20.3. The second kappa shape index (κ2) is 8.93. The van der Waals surface area contributed by atoms with Crippen molar-refractivity contribution in [1.82, 2.24) is 0 Å². The summed E-state index contributed by atoms with van der Waals surface area (Å²) in [5.41, 5.74) is 7.28. The fourth-order valence-corrected chi connectivity index (χ4v) is 4.73. The van der Waals surface area contributed by atoms with Crippen LogP contribution in [0, 0.1) is 5.82 Å². The van der Waals surface area contributed by atoms with Gasteiger partial charge in [-0.15, -0.1) is 0 Å². The van der Waals surface area contributed by atoms with Crippen LogP contribution >= 0.6 is 0 Å². The molecule has 0 aliphatic carbocycles. The monoisotopic (exact) mass is 445 g/mol. The lowest BCUT2D eigenvalue weighted by atomic mass is 9.85. The van der Waals surface area contributed by atoms with Crippen LogP contribution in [0.25, 0.3) is 16.7 Å². The van der Waals surface area contributed by atoms with Crippen LogP contribution < -0.4 is 14.8 Å². The van der Waals surface area contributed by atoms with Gasteiger partial charge in [0.05, 0.1) is 12.6 Å². The maximum Gasteiger partial charge on any atom is 0.129 e. The fourth-order valence-electron chi connectivity index (χ4n) is 4.73. The standard InChI is InChI=1S/C29H32FNO2/c1-18(2)21-9-7-8-10-26(21)33-17-24-22(23-12-11-20(30)15-27(23)32-6)13-14-25-28(24)19(3)16-29(4,5)31-25/h7-16,18,31H,17H2,1-6H3. The zero-order valence-corrected chi connectivity index (χ0v) is 20.3. The third-order valence-electron chi connectivity index (χ3n) is 6.11. The number of hydrogen-bond acceptors (Lipinski definition) is 3. The van der Waals surface area contributed by atoms with Crippen LogP contribution in [0.5, 0.6) is 11.5 Å². The molecule has 3 nitrogen and oxygen atoms in total. The van der Waals surface area contributed by atoms with Gasteiger partial charge in [0.2, 0.25) is 0 Å². The molecule has 0 aromatic heterocycles. The van der Waals surface area contributed by atoms with E-state index in [1.54, 1.807) is 13.2 Å². The highest BCUT2D eigenvalue weighted by molar-refractivity contribution is 5.88. The highest BCUT2D eigenvalue weighted by atomic mass is 19.1. The van der Waals surface area contributed by atoms with Gasteiger partial charge in [0.15, 0.2) is 0 Å². The maximum absolute atomic E-state index is 13.9. The van der Waals surface area contributed by atoms with Crippen LogP contribution in [0.2, 0.25) is 0 Å². The molecule has 3 aromatic carbocycles. The number of benzene rings is 3. The van der Waals surface area contributed by atoms with Gasteiger partial charge in [0, 0.05) is 28.4 Å². The number of allylic oxidation sites excluding steroid dienone is 1. The summed E-state index contributed by atoms with van der Waals surface area (Å²) < 4.78 is 25.9. The van der Waals surface area contributed by atoms with E-state index >= 15 is 0 Å². The molecule has 0 amide bonds. The summed E-state index contributed by atoms with van der Waals surface area (Å²) >= 11 is 0. The van der Waals surface area contributed by atoms with E-state index in [2.05, 4.69) is 64.2 Å². The minimum atomic E-state index is -0.322. The summed E-state index contributed by atoms with van der Waals surface area (Å²) in [6.07, 6.45) is 2.24. The van der Waals surface area contributed by atoms with Gasteiger partial charge >= 0.3 is 0 Å². The van der Waals surface area contributed by atoms with Crippen molar-refractivity contribution in [2.75, 3.05) is 12.4 Å². The first kappa shape index (κ1) is 22.9. The Bertz CT molecular complexity index is 1210. The highest BCUT2D eigenvalue weighted by Crippen LogP contribution is 2.43. The van der Waals surface area contributed by atoms with Gasteiger partial charge in [-0.3, -0.25) is 0 Å².